The quantitative estimate of drug-likeness (QED) is 0.439. The number of rotatable bonds is 5. The fourth-order valence-electron chi connectivity index (χ4n) is 3.85. The van der Waals surface area contributed by atoms with E-state index in [0.717, 1.165) is 42.3 Å². The van der Waals surface area contributed by atoms with Gasteiger partial charge in [0.2, 0.25) is 17.9 Å². The van der Waals surface area contributed by atoms with Gasteiger partial charge in [-0.05, 0) is 35.5 Å². The molecule has 180 valence electrons. The lowest BCUT2D eigenvalue weighted by atomic mass is 10.1. The van der Waals surface area contributed by atoms with E-state index in [4.69, 9.17) is 0 Å². The number of benzene rings is 2. The van der Waals surface area contributed by atoms with Crippen molar-refractivity contribution in [1.29, 1.82) is 0 Å². The van der Waals surface area contributed by atoms with Gasteiger partial charge in [0.1, 0.15) is 0 Å². The van der Waals surface area contributed by atoms with Crippen molar-refractivity contribution >= 4 is 30.3 Å². The molecule has 1 fully saturated rings. The van der Waals surface area contributed by atoms with Crippen LogP contribution in [0.25, 0.3) is 0 Å². The average Bonchev–Trinajstić information content (AvgIpc) is 2.92. The van der Waals surface area contributed by atoms with Crippen molar-refractivity contribution in [2.75, 3.05) is 43.4 Å². The third-order valence-corrected chi connectivity index (χ3v) is 5.71. The number of hydrogen-bond acceptors (Lipinski definition) is 5. The number of hydrogen-bond donors (Lipinski definition) is 2. The molecule has 0 spiro atoms. The molecule has 9 heteroatoms. The van der Waals surface area contributed by atoms with Crippen LogP contribution in [0.1, 0.15) is 16.7 Å². The molecule has 9 nitrogen and oxygen atoms in total. The molecule has 2 N–H and O–H groups in total. The Morgan fingerprint density at radius 3 is 2.34 bits per heavy atom. The second-order valence-electron chi connectivity index (χ2n) is 8.13. The van der Waals surface area contributed by atoms with Crippen molar-refractivity contribution in [3.63, 3.8) is 0 Å². The minimum atomic E-state index is -0.0272. The van der Waals surface area contributed by atoms with E-state index >= 15 is 0 Å². The fraction of sp³-hybridized carbons (Fsp3) is 0.269. The van der Waals surface area contributed by atoms with Gasteiger partial charge in [0, 0.05) is 57.7 Å². The van der Waals surface area contributed by atoms with Crippen LogP contribution in [0.15, 0.2) is 82.0 Å². The summed E-state index contributed by atoms with van der Waals surface area (Å²) in [7, 11) is 1.67. The topological polar surface area (TPSA) is 102 Å². The Morgan fingerprint density at radius 1 is 0.971 bits per heavy atom. The maximum Gasteiger partial charge on any atom is 0.228 e. The van der Waals surface area contributed by atoms with Crippen molar-refractivity contribution in [3.05, 3.63) is 83.7 Å². The van der Waals surface area contributed by atoms with Gasteiger partial charge in [-0.2, -0.15) is 4.99 Å². The van der Waals surface area contributed by atoms with Crippen LogP contribution in [0.3, 0.4) is 0 Å². The molecule has 4 rings (SSSR count). The smallest absolute Gasteiger partial charge is 0.228 e. The second-order valence-corrected chi connectivity index (χ2v) is 8.13. The highest BCUT2D eigenvalue weighted by molar-refractivity contribution is 6.03. The minimum absolute atomic E-state index is 0.0272. The number of nitrogens with zero attached hydrogens (tertiary/aromatic N) is 7. The first-order valence-electron chi connectivity index (χ1n) is 11.5. The van der Waals surface area contributed by atoms with Crippen LogP contribution in [0.4, 0.5) is 11.6 Å². The van der Waals surface area contributed by atoms with Crippen molar-refractivity contribution in [2.24, 2.45) is 15.0 Å². The predicted molar refractivity (Wildman–Crippen MR) is 141 cm³/mol. The van der Waals surface area contributed by atoms with Gasteiger partial charge in [-0.25, -0.2) is 15.0 Å². The lowest BCUT2D eigenvalue weighted by molar-refractivity contribution is 0.282. The standard InChI is InChI=1S/C26H30N8O/c1-27-24(31-23-10-6-9-21(16-23)19-35)32-25(28-2)33-11-13-34(14-12-33)26-29-17-22(18-30-26)15-20-7-4-3-5-8-20/h3-10,16-18,35H,2,11-15,19H2,1H3,(H,27,31)/b32-25+. The monoisotopic (exact) mass is 470 g/mol. The zero-order chi connectivity index (χ0) is 24.5. The maximum absolute atomic E-state index is 9.36. The normalized spacial score (nSPS) is 14.7. The van der Waals surface area contributed by atoms with Gasteiger partial charge in [0.15, 0.2) is 0 Å². The number of guanidine groups is 2. The van der Waals surface area contributed by atoms with E-state index in [0.29, 0.717) is 25.0 Å². The molecule has 0 unspecified atom stereocenters. The Morgan fingerprint density at radius 2 is 1.69 bits per heavy atom. The number of piperazine rings is 1. The second kappa shape index (κ2) is 11.8. The molecule has 35 heavy (non-hydrogen) atoms. The van der Waals surface area contributed by atoms with Gasteiger partial charge >= 0.3 is 0 Å². The van der Waals surface area contributed by atoms with Crippen molar-refractivity contribution < 1.29 is 5.11 Å². The summed E-state index contributed by atoms with van der Waals surface area (Å²) in [6.45, 7) is 6.59. The summed E-state index contributed by atoms with van der Waals surface area (Å²) in [5.41, 5.74) is 3.93. The van der Waals surface area contributed by atoms with Crippen LogP contribution < -0.4 is 10.2 Å². The summed E-state index contributed by atoms with van der Waals surface area (Å²) in [6, 6.07) is 17.8. The third-order valence-electron chi connectivity index (χ3n) is 5.71. The lowest BCUT2D eigenvalue weighted by Crippen LogP contribution is -2.49. The van der Waals surface area contributed by atoms with E-state index in [1.807, 2.05) is 54.9 Å². The van der Waals surface area contributed by atoms with Gasteiger partial charge in [-0.1, -0.05) is 42.5 Å². The number of aliphatic imine (C=N–C) groups is 3. The maximum atomic E-state index is 9.36. The Balaban J connectivity index is 1.35. The Bertz CT molecular complexity index is 1170. The van der Waals surface area contributed by atoms with Crippen LogP contribution in [-0.2, 0) is 13.0 Å². The molecule has 0 atom stereocenters. The summed E-state index contributed by atoms with van der Waals surface area (Å²) in [5, 5.41) is 12.5. The summed E-state index contributed by atoms with van der Waals surface area (Å²) < 4.78 is 0. The van der Waals surface area contributed by atoms with Crippen LogP contribution in [-0.4, -0.2) is 71.8 Å². The van der Waals surface area contributed by atoms with E-state index in [1.165, 1.54) is 5.56 Å². The van der Waals surface area contributed by atoms with Crippen LogP contribution in [0.2, 0.25) is 0 Å². The van der Waals surface area contributed by atoms with Crippen molar-refractivity contribution in [2.45, 2.75) is 13.0 Å². The van der Waals surface area contributed by atoms with Gasteiger partial charge < -0.3 is 20.2 Å². The first-order valence-corrected chi connectivity index (χ1v) is 11.5. The first kappa shape index (κ1) is 24.0. The molecule has 0 saturated carbocycles. The van der Waals surface area contributed by atoms with E-state index in [9.17, 15) is 5.11 Å². The Labute approximate surface area is 205 Å². The van der Waals surface area contributed by atoms with Crippen molar-refractivity contribution in [3.8, 4) is 0 Å². The van der Waals surface area contributed by atoms with Crippen molar-refractivity contribution in [1.82, 2.24) is 14.9 Å². The van der Waals surface area contributed by atoms with Gasteiger partial charge in [-0.3, -0.25) is 4.99 Å². The van der Waals surface area contributed by atoms with Crippen LogP contribution in [0, 0.1) is 0 Å². The van der Waals surface area contributed by atoms with E-state index in [1.54, 1.807) is 7.05 Å². The number of aromatic nitrogens is 2. The fourth-order valence-corrected chi connectivity index (χ4v) is 3.85. The highest BCUT2D eigenvalue weighted by Crippen LogP contribution is 2.15. The molecular formula is C26H30N8O. The molecule has 0 amide bonds. The molecule has 1 aliphatic rings. The zero-order valence-electron chi connectivity index (χ0n) is 19.9. The van der Waals surface area contributed by atoms with E-state index in [-0.39, 0.29) is 6.61 Å². The van der Waals surface area contributed by atoms with E-state index in [2.05, 4.69) is 58.9 Å². The van der Waals surface area contributed by atoms with Crippen LogP contribution >= 0.6 is 0 Å². The molecule has 1 aromatic heterocycles. The molecule has 2 heterocycles. The van der Waals surface area contributed by atoms with Gasteiger partial charge in [0.25, 0.3) is 0 Å². The zero-order valence-corrected chi connectivity index (χ0v) is 19.9. The summed E-state index contributed by atoms with van der Waals surface area (Å²) in [5.74, 6) is 1.66. The van der Waals surface area contributed by atoms with E-state index < -0.39 is 0 Å². The van der Waals surface area contributed by atoms with Gasteiger partial charge in [-0.15, -0.1) is 0 Å². The molecule has 2 aromatic carbocycles. The molecule has 0 radical (unpaired) electrons. The SMILES string of the molecule is C=N/C(=N\C(=N/C)Nc1cccc(CO)c1)N1CCN(c2ncc(Cc3ccccc3)cn2)CC1. The number of aliphatic hydroxyl groups excluding tert-OH is 1. The molecule has 1 aliphatic heterocycles. The summed E-state index contributed by atoms with van der Waals surface area (Å²) >= 11 is 0. The average molecular weight is 471 g/mol. The molecule has 0 aliphatic carbocycles. The molecule has 3 aromatic rings. The first-order chi connectivity index (χ1) is 17.2. The Kier molecular flexibility index (Phi) is 8.13. The summed E-state index contributed by atoms with van der Waals surface area (Å²) in [6.07, 6.45) is 4.63. The third kappa shape index (κ3) is 6.48. The van der Waals surface area contributed by atoms with Gasteiger partial charge in [0.05, 0.1) is 6.61 Å². The lowest BCUT2D eigenvalue weighted by Gasteiger charge is -2.35. The predicted octanol–water partition coefficient (Wildman–Crippen LogP) is 2.84. The Hall–Kier alpha value is -4.11. The number of nitrogens with one attached hydrogen (secondary N) is 1. The molecule has 1 saturated heterocycles. The van der Waals surface area contributed by atoms with Crippen LogP contribution in [0.5, 0.6) is 0 Å². The molecule has 0 bridgehead atoms. The number of anilines is 2. The highest BCUT2D eigenvalue weighted by Gasteiger charge is 2.21. The summed E-state index contributed by atoms with van der Waals surface area (Å²) in [4.78, 5) is 26.4. The molecular weight excluding hydrogens is 440 g/mol. The number of aliphatic hydroxyl groups is 1. The largest absolute Gasteiger partial charge is 0.392 e. The minimum Gasteiger partial charge on any atom is -0.392 e. The highest BCUT2D eigenvalue weighted by atomic mass is 16.3.